The van der Waals surface area contributed by atoms with Crippen LogP contribution in [0.1, 0.15) is 11.3 Å². The van der Waals surface area contributed by atoms with Gasteiger partial charge in [-0.25, -0.2) is 9.50 Å². The summed E-state index contributed by atoms with van der Waals surface area (Å²) in [5.41, 5.74) is 4.89. The molecule has 0 saturated carbocycles. The zero-order valence-electron chi connectivity index (χ0n) is 10.7. The molecule has 0 unspecified atom stereocenters. The topological polar surface area (TPSA) is 50.4 Å². The quantitative estimate of drug-likeness (QED) is 0.778. The van der Waals surface area contributed by atoms with E-state index in [-0.39, 0.29) is 6.61 Å². The molecule has 0 saturated heterocycles. The monoisotopic (exact) mass is 253 g/mol. The van der Waals surface area contributed by atoms with Crippen molar-refractivity contribution in [2.24, 2.45) is 0 Å². The van der Waals surface area contributed by atoms with Crippen LogP contribution in [0.5, 0.6) is 0 Å². The van der Waals surface area contributed by atoms with Gasteiger partial charge >= 0.3 is 0 Å². The van der Waals surface area contributed by atoms with Crippen molar-refractivity contribution in [3.05, 3.63) is 53.9 Å². The number of rotatable bonds is 3. The van der Waals surface area contributed by atoms with E-state index in [1.807, 2.05) is 30.5 Å². The Bertz CT molecular complexity index is 718. The average Bonchev–Trinajstić information content (AvgIpc) is 2.80. The molecule has 1 N–H and O–H groups in total. The fourth-order valence-corrected chi connectivity index (χ4v) is 2.12. The summed E-state index contributed by atoms with van der Waals surface area (Å²) in [6.45, 7) is 2.17. The average molecular weight is 253 g/mol. The third kappa shape index (κ3) is 2.35. The van der Waals surface area contributed by atoms with Crippen LogP contribution in [0.3, 0.4) is 0 Å². The molecule has 0 aliphatic heterocycles. The van der Waals surface area contributed by atoms with E-state index < -0.39 is 0 Å². The molecule has 0 radical (unpaired) electrons. The molecule has 96 valence electrons. The Morgan fingerprint density at radius 3 is 2.89 bits per heavy atom. The minimum atomic E-state index is 0.106. The molecule has 0 atom stereocenters. The second-order valence-corrected chi connectivity index (χ2v) is 4.60. The van der Waals surface area contributed by atoms with Gasteiger partial charge in [-0.1, -0.05) is 23.8 Å². The van der Waals surface area contributed by atoms with Crippen LogP contribution in [0.25, 0.3) is 16.9 Å². The fourth-order valence-electron chi connectivity index (χ4n) is 2.12. The normalized spacial score (nSPS) is 11.1. The van der Waals surface area contributed by atoms with Crippen LogP contribution < -0.4 is 0 Å². The molecule has 4 nitrogen and oxygen atoms in total. The van der Waals surface area contributed by atoms with E-state index in [1.54, 1.807) is 4.52 Å². The molecule has 19 heavy (non-hydrogen) atoms. The van der Waals surface area contributed by atoms with E-state index in [2.05, 4.69) is 29.1 Å². The second-order valence-electron chi connectivity index (χ2n) is 4.60. The summed E-state index contributed by atoms with van der Waals surface area (Å²) in [6.07, 6.45) is 2.42. The minimum absolute atomic E-state index is 0.106. The number of fused-ring (bicyclic) bond motifs is 1. The number of aryl methyl sites for hydroxylation is 1. The zero-order valence-corrected chi connectivity index (χ0v) is 10.7. The molecule has 0 spiro atoms. The van der Waals surface area contributed by atoms with Crippen LogP contribution in [-0.2, 0) is 6.42 Å². The number of benzene rings is 1. The molecular weight excluding hydrogens is 238 g/mol. The van der Waals surface area contributed by atoms with Gasteiger partial charge in [0.25, 0.3) is 0 Å². The van der Waals surface area contributed by atoms with E-state index >= 15 is 0 Å². The second kappa shape index (κ2) is 4.82. The summed E-state index contributed by atoms with van der Waals surface area (Å²) in [7, 11) is 0. The first-order chi connectivity index (χ1) is 9.26. The predicted molar refractivity (Wildman–Crippen MR) is 73.9 cm³/mol. The molecule has 0 aliphatic carbocycles. The summed E-state index contributed by atoms with van der Waals surface area (Å²) in [5.74, 6) is 0. The third-order valence-corrected chi connectivity index (χ3v) is 3.05. The van der Waals surface area contributed by atoms with Gasteiger partial charge in [0, 0.05) is 18.6 Å². The molecule has 2 aromatic heterocycles. The van der Waals surface area contributed by atoms with Gasteiger partial charge in [-0.3, -0.25) is 0 Å². The molecule has 3 aromatic rings. The molecule has 4 heteroatoms. The Morgan fingerprint density at radius 2 is 2.11 bits per heavy atom. The van der Waals surface area contributed by atoms with Crippen LogP contribution >= 0.6 is 0 Å². The van der Waals surface area contributed by atoms with E-state index in [0.29, 0.717) is 6.42 Å². The van der Waals surface area contributed by atoms with Crippen LogP contribution in [0.15, 0.2) is 42.6 Å². The van der Waals surface area contributed by atoms with Crippen molar-refractivity contribution < 1.29 is 5.11 Å². The Balaban J connectivity index is 2.05. The Kier molecular flexibility index (Phi) is 3.01. The maximum Gasteiger partial charge on any atom is 0.153 e. The fraction of sp³-hybridized carbons (Fsp3) is 0.200. The van der Waals surface area contributed by atoms with Crippen molar-refractivity contribution >= 4 is 5.65 Å². The summed E-state index contributed by atoms with van der Waals surface area (Å²) >= 11 is 0. The van der Waals surface area contributed by atoms with E-state index in [0.717, 1.165) is 22.6 Å². The largest absolute Gasteiger partial charge is 0.396 e. The summed E-state index contributed by atoms with van der Waals surface area (Å²) in [5, 5.41) is 13.5. The Hall–Kier alpha value is -2.20. The van der Waals surface area contributed by atoms with Gasteiger partial charge in [0.2, 0.25) is 0 Å². The smallest absolute Gasteiger partial charge is 0.153 e. The Labute approximate surface area is 111 Å². The highest BCUT2D eigenvalue weighted by atomic mass is 16.3. The maximum atomic E-state index is 8.94. The molecule has 0 fully saturated rings. The lowest BCUT2D eigenvalue weighted by molar-refractivity contribution is 0.298. The first-order valence-corrected chi connectivity index (χ1v) is 6.29. The van der Waals surface area contributed by atoms with Gasteiger partial charge in [-0.15, -0.1) is 0 Å². The van der Waals surface area contributed by atoms with Crippen molar-refractivity contribution in [1.82, 2.24) is 14.6 Å². The number of aliphatic hydroxyl groups is 1. The molecule has 0 bridgehead atoms. The number of nitrogens with zero attached hydrogens (tertiary/aromatic N) is 3. The number of imidazole rings is 1. The van der Waals surface area contributed by atoms with Gasteiger partial charge < -0.3 is 5.11 Å². The van der Waals surface area contributed by atoms with E-state index in [4.69, 9.17) is 5.11 Å². The van der Waals surface area contributed by atoms with Crippen LogP contribution in [0, 0.1) is 6.92 Å². The van der Waals surface area contributed by atoms with Gasteiger partial charge in [0.05, 0.1) is 17.6 Å². The minimum Gasteiger partial charge on any atom is -0.396 e. The first kappa shape index (κ1) is 11.9. The van der Waals surface area contributed by atoms with Crippen molar-refractivity contribution in [1.29, 1.82) is 0 Å². The lowest BCUT2D eigenvalue weighted by Crippen LogP contribution is -1.93. The SMILES string of the molecule is Cc1cccc(-c2ccc3nc(CCO)cn3n2)c1. The van der Waals surface area contributed by atoms with Crippen molar-refractivity contribution in [3.63, 3.8) is 0 Å². The highest BCUT2D eigenvalue weighted by Crippen LogP contribution is 2.18. The summed E-state index contributed by atoms with van der Waals surface area (Å²) < 4.78 is 1.77. The molecule has 3 rings (SSSR count). The van der Waals surface area contributed by atoms with Crippen LogP contribution in [-0.4, -0.2) is 26.3 Å². The molecule has 1 aromatic carbocycles. The lowest BCUT2D eigenvalue weighted by Gasteiger charge is -2.02. The third-order valence-electron chi connectivity index (χ3n) is 3.05. The lowest BCUT2D eigenvalue weighted by atomic mass is 10.1. The van der Waals surface area contributed by atoms with Gasteiger partial charge in [0.1, 0.15) is 0 Å². The zero-order chi connectivity index (χ0) is 13.2. The highest BCUT2D eigenvalue weighted by molar-refractivity contribution is 5.61. The van der Waals surface area contributed by atoms with Crippen LogP contribution in [0.2, 0.25) is 0 Å². The number of aliphatic hydroxyl groups excluding tert-OH is 1. The van der Waals surface area contributed by atoms with Gasteiger partial charge in [-0.05, 0) is 25.1 Å². The predicted octanol–water partition coefficient (Wildman–Crippen LogP) is 2.24. The van der Waals surface area contributed by atoms with Crippen LogP contribution in [0.4, 0.5) is 0 Å². The molecule has 0 amide bonds. The van der Waals surface area contributed by atoms with Crippen molar-refractivity contribution in [2.75, 3.05) is 6.61 Å². The van der Waals surface area contributed by atoms with E-state index in [1.165, 1.54) is 5.56 Å². The highest BCUT2D eigenvalue weighted by Gasteiger charge is 2.05. The molecule has 2 heterocycles. The molecule has 0 aliphatic rings. The standard InChI is InChI=1S/C15H15N3O/c1-11-3-2-4-12(9-11)14-5-6-15-16-13(7-8-19)10-18(15)17-14/h2-6,9-10,19H,7-8H2,1H3. The van der Waals surface area contributed by atoms with E-state index in [9.17, 15) is 0 Å². The number of hydrogen-bond acceptors (Lipinski definition) is 3. The molecular formula is C15H15N3O. The summed E-state index contributed by atoms with van der Waals surface area (Å²) in [4.78, 5) is 4.40. The van der Waals surface area contributed by atoms with Gasteiger partial charge in [0.15, 0.2) is 5.65 Å². The van der Waals surface area contributed by atoms with Crippen molar-refractivity contribution in [2.45, 2.75) is 13.3 Å². The van der Waals surface area contributed by atoms with Crippen molar-refractivity contribution in [3.8, 4) is 11.3 Å². The number of hydrogen-bond donors (Lipinski definition) is 1. The van der Waals surface area contributed by atoms with Gasteiger partial charge in [-0.2, -0.15) is 5.10 Å². The summed E-state index contributed by atoms with van der Waals surface area (Å²) in [6, 6.07) is 12.2. The maximum absolute atomic E-state index is 8.94. The first-order valence-electron chi connectivity index (χ1n) is 6.29. The Morgan fingerprint density at radius 1 is 1.21 bits per heavy atom. The number of aromatic nitrogens is 3.